The molecule has 6 heteroatoms. The maximum absolute atomic E-state index is 10.6. The first-order valence-electron chi connectivity index (χ1n) is 12.2. The molecular weight excluding hydrogens is 430 g/mol. The van der Waals surface area contributed by atoms with Crippen LogP contribution in [0.5, 0.6) is 0 Å². The topological polar surface area (TPSA) is 88.0 Å². The molecule has 0 aromatic heterocycles. The molecule has 0 saturated carbocycles. The molecule has 1 aliphatic rings. The number of hydrogen-bond acceptors (Lipinski definition) is 5. The summed E-state index contributed by atoms with van der Waals surface area (Å²) in [7, 11) is 0. The van der Waals surface area contributed by atoms with Gasteiger partial charge in [-0.1, -0.05) is 48.5 Å². The van der Waals surface area contributed by atoms with E-state index in [1.165, 1.54) is 11.1 Å². The monoisotopic (exact) mass is 469 g/mol. The SMILES string of the molecule is C[C@@H](OC[C@H](O)CNC(C)(C)CC1Cc2ccccc2C1)c1ccccc1CCOCC(=O)O. The van der Waals surface area contributed by atoms with Crippen molar-refractivity contribution in [2.24, 2.45) is 5.92 Å². The van der Waals surface area contributed by atoms with Gasteiger partial charge in [-0.15, -0.1) is 0 Å². The van der Waals surface area contributed by atoms with Gasteiger partial charge in [0.15, 0.2) is 0 Å². The van der Waals surface area contributed by atoms with E-state index in [1.807, 2.05) is 31.2 Å². The molecule has 3 N–H and O–H groups in total. The Morgan fingerprint density at radius 1 is 1.12 bits per heavy atom. The van der Waals surface area contributed by atoms with E-state index < -0.39 is 12.1 Å². The molecule has 2 atom stereocenters. The molecule has 6 nitrogen and oxygen atoms in total. The zero-order chi connectivity index (χ0) is 24.6. The Hall–Kier alpha value is -2.25. The lowest BCUT2D eigenvalue weighted by Crippen LogP contribution is -2.45. The van der Waals surface area contributed by atoms with Gasteiger partial charge in [-0.3, -0.25) is 0 Å². The fraction of sp³-hybridized carbons (Fsp3) is 0.536. The molecule has 0 fully saturated rings. The van der Waals surface area contributed by atoms with Gasteiger partial charge < -0.3 is 25.0 Å². The number of aliphatic hydroxyl groups is 1. The lowest BCUT2D eigenvalue weighted by molar-refractivity contribution is -0.142. The smallest absolute Gasteiger partial charge is 0.329 e. The van der Waals surface area contributed by atoms with Gasteiger partial charge in [-0.25, -0.2) is 4.79 Å². The van der Waals surface area contributed by atoms with Crippen molar-refractivity contribution in [3.8, 4) is 0 Å². The predicted molar refractivity (Wildman–Crippen MR) is 133 cm³/mol. The van der Waals surface area contributed by atoms with Crippen LogP contribution >= 0.6 is 0 Å². The summed E-state index contributed by atoms with van der Waals surface area (Å²) in [6.07, 6.45) is 3.14. The van der Waals surface area contributed by atoms with Crippen LogP contribution in [0.2, 0.25) is 0 Å². The van der Waals surface area contributed by atoms with E-state index in [2.05, 4.69) is 43.4 Å². The molecule has 1 aliphatic carbocycles. The van der Waals surface area contributed by atoms with E-state index in [-0.39, 0.29) is 24.9 Å². The average molecular weight is 470 g/mol. The maximum atomic E-state index is 10.6. The molecule has 0 spiro atoms. The van der Waals surface area contributed by atoms with Crippen molar-refractivity contribution < 1.29 is 24.5 Å². The van der Waals surface area contributed by atoms with Crippen LogP contribution in [0.4, 0.5) is 0 Å². The Morgan fingerprint density at radius 3 is 2.44 bits per heavy atom. The van der Waals surface area contributed by atoms with Crippen molar-refractivity contribution in [1.82, 2.24) is 5.32 Å². The number of nitrogens with one attached hydrogen (secondary N) is 1. The molecule has 2 aromatic rings. The molecule has 0 radical (unpaired) electrons. The van der Waals surface area contributed by atoms with Crippen molar-refractivity contribution in [3.05, 3.63) is 70.8 Å². The summed E-state index contributed by atoms with van der Waals surface area (Å²) in [5.41, 5.74) is 4.97. The van der Waals surface area contributed by atoms with Gasteiger partial charge in [0.2, 0.25) is 0 Å². The number of benzene rings is 2. The third-order valence-corrected chi connectivity index (χ3v) is 6.52. The minimum atomic E-state index is -0.968. The van der Waals surface area contributed by atoms with E-state index in [9.17, 15) is 9.90 Å². The second-order valence-electron chi connectivity index (χ2n) is 10.0. The molecule has 0 saturated heterocycles. The van der Waals surface area contributed by atoms with Gasteiger partial charge in [-0.2, -0.15) is 0 Å². The second kappa shape index (κ2) is 12.5. The number of hydrogen-bond donors (Lipinski definition) is 3. The van der Waals surface area contributed by atoms with E-state index in [0.717, 1.165) is 30.4 Å². The maximum Gasteiger partial charge on any atom is 0.329 e. The van der Waals surface area contributed by atoms with E-state index >= 15 is 0 Å². The standard InChI is InChI=1S/C28H39NO5/c1-20(26-11-7-6-8-22(26)12-13-33-19-27(31)32)34-18-25(30)17-29-28(2,3)16-21-14-23-9-4-5-10-24(23)15-21/h4-11,20-21,25,29-30H,12-19H2,1-3H3,(H,31,32)/t20-,25-/m1/s1. The van der Waals surface area contributed by atoms with Crippen LogP contribution in [-0.2, 0) is 33.5 Å². The van der Waals surface area contributed by atoms with Gasteiger partial charge in [0.1, 0.15) is 6.61 Å². The number of β-amino-alcohol motifs (C(OH)–C–C–N with tert-alkyl or cyclic N) is 1. The highest BCUT2D eigenvalue weighted by molar-refractivity contribution is 5.67. The molecule has 0 aliphatic heterocycles. The lowest BCUT2D eigenvalue weighted by Gasteiger charge is -2.31. The molecule has 0 unspecified atom stereocenters. The summed E-state index contributed by atoms with van der Waals surface area (Å²) >= 11 is 0. The van der Waals surface area contributed by atoms with E-state index in [4.69, 9.17) is 14.6 Å². The summed E-state index contributed by atoms with van der Waals surface area (Å²) in [6.45, 7) is 7.14. The van der Waals surface area contributed by atoms with Crippen LogP contribution in [-0.4, -0.2) is 54.2 Å². The average Bonchev–Trinajstić information content (AvgIpc) is 3.20. The van der Waals surface area contributed by atoms with Crippen molar-refractivity contribution in [2.45, 2.75) is 64.2 Å². The second-order valence-corrected chi connectivity index (χ2v) is 10.0. The fourth-order valence-corrected chi connectivity index (χ4v) is 4.89. The van der Waals surface area contributed by atoms with E-state index in [0.29, 0.717) is 25.5 Å². The summed E-state index contributed by atoms with van der Waals surface area (Å²) < 4.78 is 11.2. The normalized spacial score (nSPS) is 15.8. The van der Waals surface area contributed by atoms with Gasteiger partial charge in [-0.05, 0) is 74.6 Å². The number of aliphatic carboxylic acids is 1. The third-order valence-electron chi connectivity index (χ3n) is 6.52. The fourth-order valence-electron chi connectivity index (χ4n) is 4.89. The molecule has 0 heterocycles. The van der Waals surface area contributed by atoms with Crippen molar-refractivity contribution in [3.63, 3.8) is 0 Å². The van der Waals surface area contributed by atoms with Crippen LogP contribution in [0, 0.1) is 5.92 Å². The highest BCUT2D eigenvalue weighted by Gasteiger charge is 2.28. The van der Waals surface area contributed by atoms with Crippen molar-refractivity contribution in [1.29, 1.82) is 0 Å². The Labute approximate surface area is 203 Å². The molecular formula is C28H39NO5. The summed E-state index contributed by atoms with van der Waals surface area (Å²) in [5, 5.41) is 22.8. The quantitative estimate of drug-likeness (QED) is 0.363. The first-order chi connectivity index (χ1) is 16.2. The molecule has 0 bridgehead atoms. The Kier molecular flexibility index (Phi) is 9.65. The highest BCUT2D eigenvalue weighted by atomic mass is 16.5. The molecule has 3 rings (SSSR count). The number of rotatable bonds is 14. The Bertz CT molecular complexity index is 904. The molecule has 186 valence electrons. The Morgan fingerprint density at radius 2 is 1.76 bits per heavy atom. The van der Waals surface area contributed by atoms with Crippen molar-refractivity contribution >= 4 is 5.97 Å². The number of aliphatic hydroxyl groups excluding tert-OH is 1. The summed E-state index contributed by atoms with van der Waals surface area (Å²) in [5.74, 6) is -0.339. The van der Waals surface area contributed by atoms with Crippen molar-refractivity contribution in [2.75, 3.05) is 26.4 Å². The summed E-state index contributed by atoms with van der Waals surface area (Å²) in [6, 6.07) is 16.6. The minimum absolute atomic E-state index is 0.0676. The number of ether oxygens (including phenoxy) is 2. The molecule has 34 heavy (non-hydrogen) atoms. The van der Waals surface area contributed by atoms with Gasteiger partial charge in [0, 0.05) is 12.1 Å². The highest BCUT2D eigenvalue weighted by Crippen LogP contribution is 2.32. The third kappa shape index (κ3) is 8.20. The zero-order valence-electron chi connectivity index (χ0n) is 20.6. The number of carbonyl (C=O) groups is 1. The minimum Gasteiger partial charge on any atom is -0.480 e. The van der Waals surface area contributed by atoms with Crippen LogP contribution < -0.4 is 5.32 Å². The van der Waals surface area contributed by atoms with Crippen LogP contribution in [0.3, 0.4) is 0 Å². The van der Waals surface area contributed by atoms with Crippen LogP contribution in [0.1, 0.15) is 55.5 Å². The zero-order valence-corrected chi connectivity index (χ0v) is 20.6. The van der Waals surface area contributed by atoms with E-state index in [1.54, 1.807) is 0 Å². The predicted octanol–water partition coefficient (Wildman–Crippen LogP) is 3.94. The Balaban J connectivity index is 1.40. The number of carboxylic acids is 1. The van der Waals surface area contributed by atoms with Gasteiger partial charge >= 0.3 is 5.97 Å². The summed E-state index contributed by atoms with van der Waals surface area (Å²) in [4.78, 5) is 10.6. The number of carboxylic acid groups (broad SMARTS) is 1. The first kappa shape index (κ1) is 26.4. The first-order valence-corrected chi connectivity index (χ1v) is 12.2. The lowest BCUT2D eigenvalue weighted by atomic mass is 9.88. The number of fused-ring (bicyclic) bond motifs is 1. The van der Waals surface area contributed by atoms with Gasteiger partial charge in [0.05, 0.1) is 25.4 Å². The molecule has 0 amide bonds. The molecule has 2 aromatic carbocycles. The van der Waals surface area contributed by atoms with Crippen LogP contribution in [0.15, 0.2) is 48.5 Å². The largest absolute Gasteiger partial charge is 0.480 e. The van der Waals surface area contributed by atoms with Crippen LogP contribution in [0.25, 0.3) is 0 Å². The van der Waals surface area contributed by atoms with Gasteiger partial charge in [0.25, 0.3) is 0 Å².